The van der Waals surface area contributed by atoms with Gasteiger partial charge < -0.3 is 5.32 Å². The van der Waals surface area contributed by atoms with Gasteiger partial charge in [0.25, 0.3) is 5.91 Å². The molecule has 1 aromatic heterocycles. The van der Waals surface area contributed by atoms with Crippen LogP contribution in [0.4, 0.5) is 4.79 Å². The third kappa shape index (κ3) is 3.38. The summed E-state index contributed by atoms with van der Waals surface area (Å²) in [7, 11) is 0. The van der Waals surface area contributed by atoms with E-state index in [1.165, 1.54) is 11.8 Å². The first-order valence-corrected chi connectivity index (χ1v) is 7.86. The Hall–Kier alpha value is -2.09. The second-order valence-electron chi connectivity index (χ2n) is 5.25. The molecule has 22 heavy (non-hydrogen) atoms. The molecule has 0 aromatic carbocycles. The molecule has 0 saturated carbocycles. The van der Waals surface area contributed by atoms with Crippen molar-refractivity contribution in [1.82, 2.24) is 20.7 Å². The fraction of sp³-hybridized carbons (Fsp3) is 0.429. The van der Waals surface area contributed by atoms with Gasteiger partial charge in [-0.15, -0.1) is 0 Å². The van der Waals surface area contributed by atoms with Gasteiger partial charge in [-0.2, -0.15) is 5.01 Å². The van der Waals surface area contributed by atoms with E-state index >= 15 is 0 Å². The van der Waals surface area contributed by atoms with Crippen LogP contribution in [0.3, 0.4) is 0 Å². The minimum Gasteiger partial charge on any atom is -0.322 e. The molecule has 118 valence electrons. The molecule has 1 aliphatic heterocycles. The van der Waals surface area contributed by atoms with Crippen molar-refractivity contribution >= 4 is 29.6 Å². The maximum Gasteiger partial charge on any atom is 0.344 e. The molecule has 1 atom stereocenters. The summed E-state index contributed by atoms with van der Waals surface area (Å²) in [5, 5.41) is 4.02. The third-order valence-corrected chi connectivity index (χ3v) is 4.38. The fourth-order valence-corrected chi connectivity index (χ4v) is 2.50. The molecule has 1 aliphatic rings. The van der Waals surface area contributed by atoms with Crippen molar-refractivity contribution in [2.45, 2.75) is 37.8 Å². The summed E-state index contributed by atoms with van der Waals surface area (Å²) in [5.41, 5.74) is 2.41. The largest absolute Gasteiger partial charge is 0.344 e. The van der Waals surface area contributed by atoms with Gasteiger partial charge in [0.1, 0.15) is 5.54 Å². The molecule has 0 spiro atoms. The first-order chi connectivity index (χ1) is 10.4. The van der Waals surface area contributed by atoms with E-state index in [-0.39, 0.29) is 5.75 Å². The lowest BCUT2D eigenvalue weighted by Gasteiger charge is -2.19. The van der Waals surface area contributed by atoms with Crippen molar-refractivity contribution in [3.63, 3.8) is 0 Å². The Kier molecular flexibility index (Phi) is 4.70. The highest BCUT2D eigenvalue weighted by molar-refractivity contribution is 7.99. The van der Waals surface area contributed by atoms with Gasteiger partial charge in [0.05, 0.1) is 10.8 Å². The number of aromatic nitrogens is 1. The van der Waals surface area contributed by atoms with Gasteiger partial charge in [0.15, 0.2) is 0 Å². The summed E-state index contributed by atoms with van der Waals surface area (Å²) in [5.74, 6) is -0.821. The zero-order chi connectivity index (χ0) is 16.3. The van der Waals surface area contributed by atoms with Crippen molar-refractivity contribution < 1.29 is 14.4 Å². The normalized spacial score (nSPS) is 21.0. The molecule has 1 saturated heterocycles. The lowest BCUT2D eigenvalue weighted by Crippen LogP contribution is -2.49. The van der Waals surface area contributed by atoms with Crippen LogP contribution >= 0.6 is 11.8 Å². The minimum absolute atomic E-state index is 0.0654. The van der Waals surface area contributed by atoms with Gasteiger partial charge in [-0.25, -0.2) is 9.78 Å². The number of nitrogens with one attached hydrogen (secondary N) is 2. The van der Waals surface area contributed by atoms with E-state index in [0.29, 0.717) is 11.4 Å². The number of nitrogens with zero attached hydrogens (tertiary/aromatic N) is 2. The number of hydrogen-bond acceptors (Lipinski definition) is 5. The van der Waals surface area contributed by atoms with Crippen LogP contribution in [-0.4, -0.2) is 39.1 Å². The molecular formula is C14H18N4O3S. The minimum atomic E-state index is -0.962. The molecule has 1 aromatic rings. The SMILES string of the molecule is CC[C@]1(C)NC(=O)N(NC(=O)CSc2ccc(C)cn2)C1=O. The summed E-state index contributed by atoms with van der Waals surface area (Å²) in [6.45, 7) is 5.35. The number of thioether (sulfide) groups is 1. The van der Waals surface area contributed by atoms with Crippen molar-refractivity contribution in [2.24, 2.45) is 0 Å². The number of aryl methyl sites for hydroxylation is 1. The van der Waals surface area contributed by atoms with Crippen LogP contribution in [0.25, 0.3) is 0 Å². The Labute approximate surface area is 132 Å². The lowest BCUT2D eigenvalue weighted by atomic mass is 10.00. The topological polar surface area (TPSA) is 91.4 Å². The van der Waals surface area contributed by atoms with E-state index in [1.807, 2.05) is 19.1 Å². The summed E-state index contributed by atoms with van der Waals surface area (Å²) in [4.78, 5) is 40.0. The van der Waals surface area contributed by atoms with Gasteiger partial charge in [-0.05, 0) is 31.9 Å². The van der Waals surface area contributed by atoms with Gasteiger partial charge in [-0.3, -0.25) is 15.0 Å². The number of imide groups is 1. The van der Waals surface area contributed by atoms with E-state index in [1.54, 1.807) is 20.0 Å². The number of carbonyl (C=O) groups is 3. The van der Waals surface area contributed by atoms with Gasteiger partial charge in [0, 0.05) is 6.20 Å². The fourth-order valence-electron chi connectivity index (χ4n) is 1.86. The van der Waals surface area contributed by atoms with Crippen LogP contribution in [0.1, 0.15) is 25.8 Å². The molecule has 2 N–H and O–H groups in total. The maximum atomic E-state index is 12.1. The predicted molar refractivity (Wildman–Crippen MR) is 81.9 cm³/mol. The number of urea groups is 1. The van der Waals surface area contributed by atoms with Gasteiger partial charge in [-0.1, -0.05) is 24.8 Å². The summed E-state index contributed by atoms with van der Waals surface area (Å²) in [6.07, 6.45) is 2.16. The summed E-state index contributed by atoms with van der Waals surface area (Å²) in [6, 6.07) is 3.10. The maximum absolute atomic E-state index is 12.1. The number of hydrazine groups is 1. The van der Waals surface area contributed by atoms with Gasteiger partial charge in [0.2, 0.25) is 5.91 Å². The molecule has 0 unspecified atom stereocenters. The molecule has 0 aliphatic carbocycles. The monoisotopic (exact) mass is 322 g/mol. The van der Waals surface area contributed by atoms with E-state index in [4.69, 9.17) is 0 Å². The number of rotatable bonds is 5. The number of amides is 4. The smallest absolute Gasteiger partial charge is 0.322 e. The molecule has 7 nitrogen and oxygen atoms in total. The standard InChI is InChI=1S/C14H18N4O3S/c1-4-14(3)12(20)18(13(21)16-14)17-10(19)8-22-11-6-5-9(2)7-15-11/h5-7H,4,8H2,1-3H3,(H,16,21)(H,17,19)/t14-/m0/s1. The zero-order valence-electron chi connectivity index (χ0n) is 12.7. The highest BCUT2D eigenvalue weighted by atomic mass is 32.2. The summed E-state index contributed by atoms with van der Waals surface area (Å²) < 4.78 is 0. The Morgan fingerprint density at radius 1 is 1.45 bits per heavy atom. The first kappa shape index (κ1) is 16.3. The van der Waals surface area contributed by atoms with Crippen LogP contribution < -0.4 is 10.7 Å². The lowest BCUT2D eigenvalue weighted by molar-refractivity contribution is -0.137. The molecular weight excluding hydrogens is 304 g/mol. The molecule has 2 heterocycles. The summed E-state index contributed by atoms with van der Waals surface area (Å²) >= 11 is 1.24. The second-order valence-corrected chi connectivity index (χ2v) is 6.25. The van der Waals surface area contributed by atoms with E-state index < -0.39 is 23.4 Å². The van der Waals surface area contributed by atoms with E-state index in [0.717, 1.165) is 10.6 Å². The average molecular weight is 322 g/mol. The van der Waals surface area contributed by atoms with Crippen LogP contribution in [0, 0.1) is 6.92 Å². The van der Waals surface area contributed by atoms with Crippen LogP contribution in [0.15, 0.2) is 23.4 Å². The van der Waals surface area contributed by atoms with Crippen molar-refractivity contribution in [2.75, 3.05) is 5.75 Å². The van der Waals surface area contributed by atoms with Crippen LogP contribution in [0.2, 0.25) is 0 Å². The van der Waals surface area contributed by atoms with Crippen LogP contribution in [0.5, 0.6) is 0 Å². The molecule has 0 bridgehead atoms. The van der Waals surface area contributed by atoms with Crippen LogP contribution in [-0.2, 0) is 9.59 Å². The highest BCUT2D eigenvalue weighted by Crippen LogP contribution is 2.19. The Morgan fingerprint density at radius 3 is 2.73 bits per heavy atom. The zero-order valence-corrected chi connectivity index (χ0v) is 13.5. The third-order valence-electron chi connectivity index (χ3n) is 3.44. The number of pyridine rings is 1. The average Bonchev–Trinajstić information content (AvgIpc) is 2.71. The number of carbonyl (C=O) groups excluding carboxylic acids is 3. The van der Waals surface area contributed by atoms with E-state index in [9.17, 15) is 14.4 Å². The second kappa shape index (κ2) is 6.35. The highest BCUT2D eigenvalue weighted by Gasteiger charge is 2.47. The van der Waals surface area contributed by atoms with E-state index in [2.05, 4.69) is 15.7 Å². The molecule has 0 radical (unpaired) electrons. The molecule has 8 heteroatoms. The molecule has 2 rings (SSSR count). The Morgan fingerprint density at radius 2 is 2.18 bits per heavy atom. The number of hydrogen-bond donors (Lipinski definition) is 2. The molecule has 1 fully saturated rings. The Balaban J connectivity index is 1.91. The van der Waals surface area contributed by atoms with Crippen molar-refractivity contribution in [1.29, 1.82) is 0 Å². The van der Waals surface area contributed by atoms with Crippen molar-refractivity contribution in [3.8, 4) is 0 Å². The molecule has 4 amide bonds. The van der Waals surface area contributed by atoms with Gasteiger partial charge >= 0.3 is 6.03 Å². The Bertz CT molecular complexity index is 605. The predicted octanol–water partition coefficient (Wildman–Crippen LogP) is 1.23. The van der Waals surface area contributed by atoms with Crippen molar-refractivity contribution in [3.05, 3.63) is 23.9 Å². The quantitative estimate of drug-likeness (QED) is 0.628. The first-order valence-electron chi connectivity index (χ1n) is 6.87.